The van der Waals surface area contributed by atoms with E-state index < -0.39 is 0 Å². The van der Waals surface area contributed by atoms with Crippen molar-refractivity contribution in [2.75, 3.05) is 18.0 Å². The van der Waals surface area contributed by atoms with E-state index in [-0.39, 0.29) is 0 Å². The van der Waals surface area contributed by atoms with E-state index in [4.69, 9.17) is 0 Å². The molecule has 1 saturated heterocycles. The summed E-state index contributed by atoms with van der Waals surface area (Å²) in [5, 5.41) is 7.44. The van der Waals surface area contributed by atoms with Gasteiger partial charge in [0.25, 0.3) is 0 Å². The van der Waals surface area contributed by atoms with Crippen molar-refractivity contribution in [2.24, 2.45) is 5.92 Å². The van der Waals surface area contributed by atoms with Crippen LogP contribution in [0.4, 0.5) is 5.95 Å². The van der Waals surface area contributed by atoms with Gasteiger partial charge in [-0.2, -0.15) is 4.98 Å². The van der Waals surface area contributed by atoms with Gasteiger partial charge < -0.3 is 4.90 Å². The number of aromatic nitrogens is 3. The fraction of sp³-hybridized carbons (Fsp3) is 0.833. The lowest BCUT2D eigenvalue weighted by molar-refractivity contribution is 0.531. The number of nitrogens with zero attached hydrogens (tertiary/aromatic N) is 3. The van der Waals surface area contributed by atoms with Gasteiger partial charge in [-0.05, 0) is 18.8 Å². The zero-order chi connectivity index (χ0) is 10.8. The lowest BCUT2D eigenvalue weighted by Crippen LogP contribution is -2.19. The summed E-state index contributed by atoms with van der Waals surface area (Å²) in [7, 11) is 0. The Kier molecular flexibility index (Phi) is 2.80. The van der Waals surface area contributed by atoms with Gasteiger partial charge >= 0.3 is 0 Å². The predicted molar refractivity (Wildman–Crippen MR) is 63.5 cm³/mol. The molecule has 0 amide bonds. The van der Waals surface area contributed by atoms with Crippen molar-refractivity contribution < 1.29 is 0 Å². The molecule has 0 unspecified atom stereocenters. The molecule has 3 rings (SSSR count). The summed E-state index contributed by atoms with van der Waals surface area (Å²) in [5.41, 5.74) is 0. The minimum atomic E-state index is 0.847. The van der Waals surface area contributed by atoms with Gasteiger partial charge in [-0.3, -0.25) is 5.10 Å². The van der Waals surface area contributed by atoms with Crippen LogP contribution in [0.3, 0.4) is 0 Å². The van der Waals surface area contributed by atoms with E-state index in [1.807, 2.05) is 0 Å². The van der Waals surface area contributed by atoms with E-state index in [0.29, 0.717) is 0 Å². The molecule has 88 valence electrons. The zero-order valence-corrected chi connectivity index (χ0v) is 9.78. The molecule has 1 N–H and O–H groups in total. The van der Waals surface area contributed by atoms with E-state index in [2.05, 4.69) is 20.1 Å². The largest absolute Gasteiger partial charge is 0.340 e. The van der Waals surface area contributed by atoms with Crippen molar-refractivity contribution in [3.8, 4) is 0 Å². The molecule has 4 heteroatoms. The second-order valence-electron chi connectivity index (χ2n) is 5.13. The maximum Gasteiger partial charge on any atom is 0.244 e. The van der Waals surface area contributed by atoms with E-state index in [1.54, 1.807) is 0 Å². The Bertz CT molecular complexity index is 335. The molecular formula is C12H20N4. The number of rotatable bonds is 3. The Labute approximate surface area is 96.4 Å². The maximum atomic E-state index is 4.62. The molecule has 2 fully saturated rings. The first-order valence-corrected chi connectivity index (χ1v) is 6.58. The SMILES string of the molecule is C1CCC(Cc2nc(N3CCCC3)n[nH]2)C1. The zero-order valence-electron chi connectivity index (χ0n) is 9.78. The number of anilines is 1. The quantitative estimate of drug-likeness (QED) is 0.848. The minimum Gasteiger partial charge on any atom is -0.340 e. The van der Waals surface area contributed by atoms with Crippen LogP contribution in [0, 0.1) is 5.92 Å². The molecule has 1 aliphatic carbocycles. The normalized spacial score (nSPS) is 22.1. The van der Waals surface area contributed by atoms with E-state index in [9.17, 15) is 0 Å². The van der Waals surface area contributed by atoms with Crippen molar-refractivity contribution in [3.63, 3.8) is 0 Å². The highest BCUT2D eigenvalue weighted by Gasteiger charge is 2.20. The van der Waals surface area contributed by atoms with Crippen LogP contribution in [0.2, 0.25) is 0 Å². The molecule has 0 atom stereocenters. The van der Waals surface area contributed by atoms with Crippen molar-refractivity contribution in [1.29, 1.82) is 0 Å². The molecule has 1 aromatic heterocycles. The highest BCUT2D eigenvalue weighted by Crippen LogP contribution is 2.27. The van der Waals surface area contributed by atoms with Crippen LogP contribution in [0.25, 0.3) is 0 Å². The van der Waals surface area contributed by atoms with Crippen molar-refractivity contribution in [3.05, 3.63) is 5.82 Å². The molecule has 0 bridgehead atoms. The van der Waals surface area contributed by atoms with Gasteiger partial charge in [0.15, 0.2) is 0 Å². The van der Waals surface area contributed by atoms with Crippen LogP contribution in [-0.2, 0) is 6.42 Å². The predicted octanol–water partition coefficient (Wildman–Crippen LogP) is 2.14. The first kappa shape index (κ1) is 10.1. The Hall–Kier alpha value is -1.06. The van der Waals surface area contributed by atoms with E-state index in [0.717, 1.165) is 37.2 Å². The molecule has 4 nitrogen and oxygen atoms in total. The van der Waals surface area contributed by atoms with Gasteiger partial charge in [0, 0.05) is 19.5 Å². The third kappa shape index (κ3) is 2.06. The number of H-pyrrole nitrogens is 1. The molecule has 1 aliphatic heterocycles. The van der Waals surface area contributed by atoms with E-state index in [1.165, 1.54) is 38.5 Å². The van der Waals surface area contributed by atoms with Gasteiger partial charge in [-0.15, -0.1) is 5.10 Å². The molecule has 16 heavy (non-hydrogen) atoms. The van der Waals surface area contributed by atoms with Crippen molar-refractivity contribution in [2.45, 2.75) is 44.9 Å². The van der Waals surface area contributed by atoms with Crippen LogP contribution in [0.1, 0.15) is 44.3 Å². The van der Waals surface area contributed by atoms with Gasteiger partial charge in [0.1, 0.15) is 5.82 Å². The fourth-order valence-corrected chi connectivity index (χ4v) is 2.92. The van der Waals surface area contributed by atoms with Crippen molar-refractivity contribution >= 4 is 5.95 Å². The average molecular weight is 220 g/mol. The number of nitrogens with one attached hydrogen (secondary N) is 1. The molecule has 2 heterocycles. The first-order chi connectivity index (χ1) is 7.92. The smallest absolute Gasteiger partial charge is 0.244 e. The number of aromatic amines is 1. The topological polar surface area (TPSA) is 44.8 Å². The Balaban J connectivity index is 1.62. The lowest BCUT2D eigenvalue weighted by Gasteiger charge is -2.10. The summed E-state index contributed by atoms with van der Waals surface area (Å²) in [4.78, 5) is 6.90. The van der Waals surface area contributed by atoms with Crippen LogP contribution in [0.15, 0.2) is 0 Å². The fourth-order valence-electron chi connectivity index (χ4n) is 2.92. The number of hydrogen-bond acceptors (Lipinski definition) is 3. The lowest BCUT2D eigenvalue weighted by atomic mass is 10.0. The highest BCUT2D eigenvalue weighted by atomic mass is 15.4. The van der Waals surface area contributed by atoms with Crippen LogP contribution < -0.4 is 4.90 Å². The van der Waals surface area contributed by atoms with Crippen LogP contribution >= 0.6 is 0 Å². The molecule has 0 aromatic carbocycles. The summed E-state index contributed by atoms with van der Waals surface area (Å²) in [6, 6.07) is 0. The molecule has 0 radical (unpaired) electrons. The number of hydrogen-bond donors (Lipinski definition) is 1. The third-order valence-electron chi connectivity index (χ3n) is 3.87. The molecular weight excluding hydrogens is 200 g/mol. The molecule has 0 spiro atoms. The average Bonchev–Trinajstić information content (AvgIpc) is 2.99. The Morgan fingerprint density at radius 3 is 2.62 bits per heavy atom. The third-order valence-corrected chi connectivity index (χ3v) is 3.87. The summed E-state index contributed by atoms with van der Waals surface area (Å²) in [6.45, 7) is 2.25. The Morgan fingerprint density at radius 2 is 1.88 bits per heavy atom. The summed E-state index contributed by atoms with van der Waals surface area (Å²) >= 11 is 0. The van der Waals surface area contributed by atoms with Gasteiger partial charge in [-0.1, -0.05) is 25.7 Å². The van der Waals surface area contributed by atoms with Gasteiger partial charge in [-0.25, -0.2) is 0 Å². The van der Waals surface area contributed by atoms with Crippen LogP contribution in [0.5, 0.6) is 0 Å². The summed E-state index contributed by atoms with van der Waals surface area (Å²) < 4.78 is 0. The second kappa shape index (κ2) is 4.44. The van der Waals surface area contributed by atoms with Crippen molar-refractivity contribution in [1.82, 2.24) is 15.2 Å². The maximum absolute atomic E-state index is 4.62. The standard InChI is InChI=1S/C12H20N4/c1-2-6-10(5-1)9-11-13-12(15-14-11)16-7-3-4-8-16/h10H,1-9H2,(H,13,14,15). The van der Waals surface area contributed by atoms with Crippen LogP contribution in [-0.4, -0.2) is 28.3 Å². The Morgan fingerprint density at radius 1 is 1.12 bits per heavy atom. The summed E-state index contributed by atoms with van der Waals surface area (Å²) in [6.07, 6.45) is 9.22. The minimum absolute atomic E-state index is 0.847. The molecule has 1 aromatic rings. The first-order valence-electron chi connectivity index (χ1n) is 6.58. The summed E-state index contributed by atoms with van der Waals surface area (Å²) in [5.74, 6) is 2.86. The second-order valence-corrected chi connectivity index (χ2v) is 5.13. The van der Waals surface area contributed by atoms with Gasteiger partial charge in [0.05, 0.1) is 0 Å². The monoisotopic (exact) mass is 220 g/mol. The van der Waals surface area contributed by atoms with Gasteiger partial charge in [0.2, 0.25) is 5.95 Å². The van der Waals surface area contributed by atoms with E-state index >= 15 is 0 Å². The molecule has 1 saturated carbocycles. The molecule has 2 aliphatic rings. The highest BCUT2D eigenvalue weighted by molar-refractivity contribution is 5.29.